The van der Waals surface area contributed by atoms with Crippen molar-refractivity contribution in [1.29, 1.82) is 0 Å². The number of hydrogen-bond donors (Lipinski definition) is 1. The van der Waals surface area contributed by atoms with E-state index in [0.717, 1.165) is 6.42 Å². The number of rotatable bonds is 6. The highest BCUT2D eigenvalue weighted by Gasteiger charge is 1.97. The molecule has 1 aromatic rings. The minimum absolute atomic E-state index is 0.144. The molecule has 4 heteroatoms. The summed E-state index contributed by atoms with van der Waals surface area (Å²) in [6.45, 7) is 2.66. The van der Waals surface area contributed by atoms with Crippen LogP contribution in [-0.4, -0.2) is 19.1 Å². The number of nitrogens with one attached hydrogen (secondary N) is 1. The van der Waals surface area contributed by atoms with Crippen molar-refractivity contribution in [2.24, 2.45) is 0 Å². The maximum atomic E-state index is 12.8. The Bertz CT molecular complexity index is 391. The van der Waals surface area contributed by atoms with Crippen molar-refractivity contribution in [3.8, 4) is 5.75 Å². The highest BCUT2D eigenvalue weighted by molar-refractivity contribution is 5.87. The number of ether oxygens (including phenoxy) is 1. The summed E-state index contributed by atoms with van der Waals surface area (Å²) in [6.07, 6.45) is 4.10. The number of benzene rings is 1. The Morgan fingerprint density at radius 2 is 2.35 bits per heavy atom. The van der Waals surface area contributed by atoms with E-state index in [4.69, 9.17) is 4.74 Å². The largest absolute Gasteiger partial charge is 0.492 e. The van der Waals surface area contributed by atoms with Crippen LogP contribution in [-0.2, 0) is 4.79 Å². The minimum Gasteiger partial charge on any atom is -0.492 e. The molecule has 1 aromatic carbocycles. The zero-order valence-corrected chi connectivity index (χ0v) is 9.78. The maximum absolute atomic E-state index is 12.8. The highest BCUT2D eigenvalue weighted by atomic mass is 19.1. The summed E-state index contributed by atoms with van der Waals surface area (Å²) in [5.74, 6) is -0.0181. The Labute approximate surface area is 100 Å². The molecule has 3 nitrogen and oxygen atoms in total. The molecule has 0 aliphatic heterocycles. The quantitative estimate of drug-likeness (QED) is 0.609. The van der Waals surface area contributed by atoms with Gasteiger partial charge in [0.05, 0.1) is 6.54 Å². The lowest BCUT2D eigenvalue weighted by Crippen LogP contribution is -2.26. The van der Waals surface area contributed by atoms with Gasteiger partial charge in [-0.15, -0.1) is 0 Å². The van der Waals surface area contributed by atoms with Crippen LogP contribution in [0.15, 0.2) is 36.4 Å². The third-order valence-corrected chi connectivity index (χ3v) is 1.97. The van der Waals surface area contributed by atoms with Crippen molar-refractivity contribution in [1.82, 2.24) is 5.32 Å². The fourth-order valence-electron chi connectivity index (χ4n) is 1.18. The third-order valence-electron chi connectivity index (χ3n) is 1.97. The van der Waals surface area contributed by atoms with E-state index in [2.05, 4.69) is 5.32 Å². The van der Waals surface area contributed by atoms with Crippen molar-refractivity contribution in [3.63, 3.8) is 0 Å². The second-order valence-electron chi connectivity index (χ2n) is 3.41. The molecule has 0 heterocycles. The lowest BCUT2D eigenvalue weighted by molar-refractivity contribution is -0.116. The molecule has 0 unspecified atom stereocenters. The van der Waals surface area contributed by atoms with E-state index < -0.39 is 0 Å². The van der Waals surface area contributed by atoms with Gasteiger partial charge < -0.3 is 10.1 Å². The number of carbonyl (C=O) groups excluding carboxylic acids is 1. The summed E-state index contributed by atoms with van der Waals surface area (Å²) in [4.78, 5) is 11.2. The van der Waals surface area contributed by atoms with Crippen LogP contribution in [0.2, 0.25) is 0 Å². The number of hydrogen-bond acceptors (Lipinski definition) is 2. The molecule has 1 rings (SSSR count). The molecule has 0 aliphatic carbocycles. The van der Waals surface area contributed by atoms with Crippen molar-refractivity contribution in [2.45, 2.75) is 13.3 Å². The number of halogens is 1. The van der Waals surface area contributed by atoms with Crippen molar-refractivity contribution in [3.05, 3.63) is 42.2 Å². The third kappa shape index (κ3) is 5.70. The summed E-state index contributed by atoms with van der Waals surface area (Å²) in [7, 11) is 0. The summed E-state index contributed by atoms with van der Waals surface area (Å²) < 4.78 is 18.0. The Balaban J connectivity index is 2.20. The van der Waals surface area contributed by atoms with Crippen LogP contribution in [0.4, 0.5) is 4.39 Å². The molecule has 17 heavy (non-hydrogen) atoms. The van der Waals surface area contributed by atoms with E-state index in [0.29, 0.717) is 18.9 Å². The Morgan fingerprint density at radius 3 is 3.06 bits per heavy atom. The summed E-state index contributed by atoms with van der Waals surface area (Å²) in [5, 5.41) is 2.66. The molecule has 1 amide bonds. The van der Waals surface area contributed by atoms with Crippen LogP contribution in [0.25, 0.3) is 0 Å². The van der Waals surface area contributed by atoms with Crippen LogP contribution in [0.3, 0.4) is 0 Å². The summed E-state index contributed by atoms with van der Waals surface area (Å²) in [5.41, 5.74) is 0. The second-order valence-corrected chi connectivity index (χ2v) is 3.41. The van der Waals surface area contributed by atoms with Gasteiger partial charge in [0.2, 0.25) is 5.91 Å². The van der Waals surface area contributed by atoms with Crippen molar-refractivity contribution in [2.75, 3.05) is 13.2 Å². The van der Waals surface area contributed by atoms with Gasteiger partial charge in [-0.3, -0.25) is 4.79 Å². The first-order valence-corrected chi connectivity index (χ1v) is 5.55. The Morgan fingerprint density at radius 1 is 1.53 bits per heavy atom. The van der Waals surface area contributed by atoms with Gasteiger partial charge in [0.25, 0.3) is 0 Å². The first kappa shape index (κ1) is 13.2. The predicted molar refractivity (Wildman–Crippen MR) is 64.3 cm³/mol. The van der Waals surface area contributed by atoms with Gasteiger partial charge >= 0.3 is 0 Å². The summed E-state index contributed by atoms with van der Waals surface area (Å²) in [6, 6.07) is 5.90. The van der Waals surface area contributed by atoms with Crippen LogP contribution < -0.4 is 10.1 Å². The molecule has 0 radical (unpaired) electrons. The van der Waals surface area contributed by atoms with Gasteiger partial charge in [0, 0.05) is 6.07 Å². The molecule has 0 saturated carbocycles. The van der Waals surface area contributed by atoms with E-state index in [1.807, 2.05) is 6.92 Å². The van der Waals surface area contributed by atoms with Crippen LogP contribution in [0.5, 0.6) is 5.75 Å². The van der Waals surface area contributed by atoms with E-state index in [-0.39, 0.29) is 11.7 Å². The monoisotopic (exact) mass is 237 g/mol. The molecule has 0 spiro atoms. The average molecular weight is 237 g/mol. The van der Waals surface area contributed by atoms with Gasteiger partial charge in [-0.05, 0) is 24.6 Å². The van der Waals surface area contributed by atoms with Gasteiger partial charge in [-0.2, -0.15) is 0 Å². The first-order valence-electron chi connectivity index (χ1n) is 5.55. The average Bonchev–Trinajstić information content (AvgIpc) is 2.32. The molecule has 0 fully saturated rings. The van der Waals surface area contributed by atoms with Gasteiger partial charge in [0.1, 0.15) is 18.2 Å². The van der Waals surface area contributed by atoms with Gasteiger partial charge in [0.15, 0.2) is 0 Å². The van der Waals surface area contributed by atoms with E-state index >= 15 is 0 Å². The van der Waals surface area contributed by atoms with Gasteiger partial charge in [-0.1, -0.05) is 19.1 Å². The normalized spacial score (nSPS) is 10.5. The van der Waals surface area contributed by atoms with Crippen LogP contribution >= 0.6 is 0 Å². The minimum atomic E-state index is -0.336. The Kier molecular flexibility index (Phi) is 5.79. The van der Waals surface area contributed by atoms with E-state index in [1.54, 1.807) is 18.2 Å². The SMILES string of the molecule is CCC=CC(=O)NCCOc1cccc(F)c1. The highest BCUT2D eigenvalue weighted by Crippen LogP contribution is 2.11. The smallest absolute Gasteiger partial charge is 0.243 e. The topological polar surface area (TPSA) is 38.3 Å². The standard InChI is InChI=1S/C13H16FNO2/c1-2-3-7-13(16)15-8-9-17-12-6-4-5-11(14)10-12/h3-7,10H,2,8-9H2,1H3,(H,15,16). The molecule has 92 valence electrons. The van der Waals surface area contributed by atoms with Crippen LogP contribution in [0.1, 0.15) is 13.3 Å². The van der Waals surface area contributed by atoms with E-state index in [9.17, 15) is 9.18 Å². The molecule has 0 saturated heterocycles. The van der Waals surface area contributed by atoms with E-state index in [1.165, 1.54) is 18.2 Å². The maximum Gasteiger partial charge on any atom is 0.243 e. The predicted octanol–water partition coefficient (Wildman–Crippen LogP) is 2.29. The Hall–Kier alpha value is -1.84. The molecule has 0 aromatic heterocycles. The lowest BCUT2D eigenvalue weighted by Gasteiger charge is -2.06. The number of amides is 1. The van der Waals surface area contributed by atoms with Crippen molar-refractivity contribution < 1.29 is 13.9 Å². The zero-order chi connectivity index (χ0) is 12.5. The summed E-state index contributed by atoms with van der Waals surface area (Å²) >= 11 is 0. The molecule has 0 atom stereocenters. The molecule has 0 bridgehead atoms. The number of allylic oxidation sites excluding steroid dienone is 1. The van der Waals surface area contributed by atoms with Gasteiger partial charge in [-0.25, -0.2) is 4.39 Å². The molecule has 0 aliphatic rings. The molecular weight excluding hydrogens is 221 g/mol. The number of carbonyl (C=O) groups is 1. The zero-order valence-electron chi connectivity index (χ0n) is 9.78. The lowest BCUT2D eigenvalue weighted by atomic mass is 10.3. The van der Waals surface area contributed by atoms with Crippen molar-refractivity contribution >= 4 is 5.91 Å². The molecule has 1 N–H and O–H groups in total. The fourth-order valence-corrected chi connectivity index (χ4v) is 1.18. The van der Waals surface area contributed by atoms with Crippen LogP contribution in [0, 0.1) is 5.82 Å². The second kappa shape index (κ2) is 7.44. The molecular formula is C13H16FNO2. The first-order chi connectivity index (χ1) is 8.22. The fraction of sp³-hybridized carbons (Fsp3) is 0.308.